The molecule has 0 spiro atoms. The lowest BCUT2D eigenvalue weighted by Gasteiger charge is -2.17. The molecule has 0 radical (unpaired) electrons. The minimum atomic E-state index is 0.413. The van der Waals surface area contributed by atoms with E-state index in [1.54, 1.807) is 12.1 Å². The minimum absolute atomic E-state index is 0.413. The van der Waals surface area contributed by atoms with Crippen molar-refractivity contribution < 1.29 is 19.1 Å². The second-order valence-corrected chi connectivity index (χ2v) is 5.78. The third-order valence-electron chi connectivity index (χ3n) is 4.24. The van der Waals surface area contributed by atoms with Crippen LogP contribution in [0.2, 0.25) is 0 Å². The molecular weight excluding hydrogens is 308 g/mol. The molecule has 2 aromatic rings. The monoisotopic (exact) mass is 331 g/mol. The van der Waals surface area contributed by atoms with Crippen LogP contribution < -0.4 is 13.9 Å². The zero-order chi connectivity index (χ0) is 17.1. The maximum absolute atomic E-state index is 12.4. The molecule has 1 N–H and O–H groups in total. The van der Waals surface area contributed by atoms with Gasteiger partial charge >= 0.3 is 0 Å². The molecule has 1 aromatic carbocycles. The fourth-order valence-electron chi connectivity index (χ4n) is 3.16. The highest BCUT2D eigenvalue weighted by Crippen LogP contribution is 2.34. The molecule has 1 heterocycles. The Morgan fingerprint density at radius 2 is 1.92 bits per heavy atom. The quantitative estimate of drug-likeness (QED) is 0.676. The number of rotatable bonds is 5. The van der Waals surface area contributed by atoms with E-state index in [2.05, 4.69) is 0 Å². The highest BCUT2D eigenvalue weighted by atomic mass is 16.5. The summed E-state index contributed by atoms with van der Waals surface area (Å²) in [5.41, 5.74) is 2.38. The number of aromatic nitrogens is 2. The van der Waals surface area contributed by atoms with Crippen LogP contribution in [0.15, 0.2) is 24.4 Å². The van der Waals surface area contributed by atoms with Crippen molar-refractivity contribution in [2.24, 2.45) is 0 Å². The van der Waals surface area contributed by atoms with E-state index in [4.69, 9.17) is 9.47 Å². The SMILES string of the molecule is CCOc1ccc(OCC)c(-c2c[n+](=O)c3c(n2O)CCCC3)c1. The number of fused-ring (bicyclic) bond motifs is 1. The normalized spacial score (nSPS) is 13.4. The van der Waals surface area contributed by atoms with Crippen LogP contribution in [-0.4, -0.2) is 23.2 Å². The van der Waals surface area contributed by atoms with Crippen molar-refractivity contribution in [3.05, 3.63) is 40.7 Å². The summed E-state index contributed by atoms with van der Waals surface area (Å²) in [7, 11) is 0. The molecule has 6 heteroatoms. The second-order valence-electron chi connectivity index (χ2n) is 5.78. The zero-order valence-corrected chi connectivity index (χ0v) is 14.1. The fourth-order valence-corrected chi connectivity index (χ4v) is 3.16. The summed E-state index contributed by atoms with van der Waals surface area (Å²) in [6.07, 6.45) is 4.73. The topological polar surface area (TPSA) is 66.6 Å². The average Bonchev–Trinajstić information content (AvgIpc) is 2.60. The molecule has 0 fully saturated rings. The Kier molecular flexibility index (Phi) is 4.74. The van der Waals surface area contributed by atoms with E-state index >= 15 is 0 Å². The molecule has 0 bridgehead atoms. The number of hydrogen-bond donors (Lipinski definition) is 1. The Bertz CT molecular complexity index is 798. The first-order chi connectivity index (χ1) is 11.7. The maximum atomic E-state index is 12.4. The van der Waals surface area contributed by atoms with Gasteiger partial charge in [-0.15, -0.1) is 0 Å². The van der Waals surface area contributed by atoms with Crippen molar-refractivity contribution in [3.63, 3.8) is 0 Å². The Labute approximate surface area is 140 Å². The van der Waals surface area contributed by atoms with Crippen molar-refractivity contribution in [1.29, 1.82) is 0 Å². The van der Waals surface area contributed by atoms with Crippen LogP contribution in [0.5, 0.6) is 11.5 Å². The van der Waals surface area contributed by atoms with Crippen LogP contribution >= 0.6 is 0 Å². The summed E-state index contributed by atoms with van der Waals surface area (Å²) in [4.78, 5) is 12.4. The highest BCUT2D eigenvalue weighted by molar-refractivity contribution is 5.68. The van der Waals surface area contributed by atoms with Gasteiger partial charge in [0.1, 0.15) is 17.2 Å². The first kappa shape index (κ1) is 16.4. The van der Waals surface area contributed by atoms with Crippen LogP contribution in [-0.2, 0) is 12.8 Å². The lowest BCUT2D eigenvalue weighted by molar-refractivity contribution is -0.507. The predicted octanol–water partition coefficient (Wildman–Crippen LogP) is 2.98. The first-order valence-electron chi connectivity index (χ1n) is 8.45. The fraction of sp³-hybridized carbons (Fsp3) is 0.444. The van der Waals surface area contributed by atoms with Crippen LogP contribution in [0.1, 0.15) is 38.1 Å². The first-order valence-corrected chi connectivity index (χ1v) is 8.45. The predicted molar refractivity (Wildman–Crippen MR) is 89.4 cm³/mol. The van der Waals surface area contributed by atoms with Gasteiger partial charge in [0.15, 0.2) is 5.69 Å². The van der Waals surface area contributed by atoms with Gasteiger partial charge in [0.25, 0.3) is 11.9 Å². The van der Waals surface area contributed by atoms with Gasteiger partial charge in [0, 0.05) is 11.3 Å². The lowest BCUT2D eigenvalue weighted by Crippen LogP contribution is -2.30. The molecule has 24 heavy (non-hydrogen) atoms. The molecule has 0 saturated heterocycles. The summed E-state index contributed by atoms with van der Waals surface area (Å²) in [6, 6.07) is 5.42. The molecular formula is C18H23N2O4+. The van der Waals surface area contributed by atoms with Gasteiger partial charge in [-0.3, -0.25) is 0 Å². The molecule has 1 aliphatic rings. The van der Waals surface area contributed by atoms with E-state index in [-0.39, 0.29) is 0 Å². The van der Waals surface area contributed by atoms with E-state index in [1.807, 2.05) is 19.9 Å². The van der Waals surface area contributed by atoms with E-state index in [0.29, 0.717) is 60.2 Å². The van der Waals surface area contributed by atoms with Gasteiger partial charge in [0.2, 0.25) is 0 Å². The maximum Gasteiger partial charge on any atom is 0.262 e. The molecule has 0 aliphatic heterocycles. The Balaban J connectivity index is 2.19. The van der Waals surface area contributed by atoms with Gasteiger partial charge in [-0.1, -0.05) is 0 Å². The van der Waals surface area contributed by atoms with E-state index < -0.39 is 0 Å². The molecule has 1 aromatic heterocycles. The van der Waals surface area contributed by atoms with Gasteiger partial charge in [0.05, 0.1) is 23.2 Å². The van der Waals surface area contributed by atoms with Crippen molar-refractivity contribution >= 4 is 0 Å². The summed E-state index contributed by atoms with van der Waals surface area (Å²) >= 11 is 0. The average molecular weight is 331 g/mol. The lowest BCUT2D eigenvalue weighted by atomic mass is 9.99. The molecule has 128 valence electrons. The molecule has 1 aliphatic carbocycles. The van der Waals surface area contributed by atoms with Crippen LogP contribution in [0.25, 0.3) is 11.3 Å². The van der Waals surface area contributed by atoms with Crippen LogP contribution in [0.3, 0.4) is 0 Å². The van der Waals surface area contributed by atoms with Gasteiger partial charge < -0.3 is 14.7 Å². The molecule has 0 saturated carbocycles. The third-order valence-corrected chi connectivity index (χ3v) is 4.24. The summed E-state index contributed by atoms with van der Waals surface area (Å²) < 4.78 is 13.2. The van der Waals surface area contributed by atoms with E-state index in [1.165, 1.54) is 6.20 Å². The van der Waals surface area contributed by atoms with Crippen LogP contribution in [0, 0.1) is 4.91 Å². The minimum Gasteiger partial charge on any atom is -0.494 e. The number of benzene rings is 1. The Morgan fingerprint density at radius 1 is 1.17 bits per heavy atom. The number of hydrogen-bond acceptors (Lipinski definition) is 4. The van der Waals surface area contributed by atoms with Crippen LogP contribution in [0.4, 0.5) is 0 Å². The molecule has 0 amide bonds. The van der Waals surface area contributed by atoms with Crippen molar-refractivity contribution in [2.45, 2.75) is 39.5 Å². The standard InChI is InChI=1S/C18H23N2O4/c1-3-23-13-9-10-18(24-4-2)14(11-13)17-12-19(21)15-7-5-6-8-16(15)20(17)22/h9-12,22H,3-8H2,1-2H3/q+1. The van der Waals surface area contributed by atoms with Gasteiger partial charge in [-0.2, -0.15) is 4.73 Å². The molecule has 6 nitrogen and oxygen atoms in total. The number of ether oxygens (including phenoxy) is 2. The van der Waals surface area contributed by atoms with E-state index in [9.17, 15) is 10.1 Å². The van der Waals surface area contributed by atoms with Crippen molar-refractivity contribution in [1.82, 2.24) is 4.73 Å². The highest BCUT2D eigenvalue weighted by Gasteiger charge is 2.27. The van der Waals surface area contributed by atoms with E-state index in [0.717, 1.165) is 22.0 Å². The summed E-state index contributed by atoms with van der Waals surface area (Å²) in [5.74, 6) is 1.28. The summed E-state index contributed by atoms with van der Waals surface area (Å²) in [6.45, 7) is 4.84. The number of nitrogens with zero attached hydrogens (tertiary/aromatic N) is 2. The van der Waals surface area contributed by atoms with Gasteiger partial charge in [-0.25, -0.2) is 0 Å². The molecule has 0 atom stereocenters. The Hall–Kier alpha value is -2.50. The zero-order valence-electron chi connectivity index (χ0n) is 14.1. The summed E-state index contributed by atoms with van der Waals surface area (Å²) in [5, 5.41) is 10.7. The second kappa shape index (κ2) is 6.95. The largest absolute Gasteiger partial charge is 0.494 e. The Morgan fingerprint density at radius 3 is 2.67 bits per heavy atom. The van der Waals surface area contributed by atoms with Crippen molar-refractivity contribution in [2.75, 3.05) is 13.2 Å². The molecule has 0 unspecified atom stereocenters. The van der Waals surface area contributed by atoms with Crippen molar-refractivity contribution in [3.8, 4) is 22.8 Å². The molecule has 3 rings (SSSR count). The van der Waals surface area contributed by atoms with Gasteiger partial charge in [-0.05, 0) is 51.3 Å². The smallest absolute Gasteiger partial charge is 0.262 e. The third kappa shape index (κ3) is 2.96.